The van der Waals surface area contributed by atoms with E-state index in [2.05, 4.69) is 15.7 Å². The van der Waals surface area contributed by atoms with E-state index < -0.39 is 42.1 Å². The van der Waals surface area contributed by atoms with E-state index in [1.54, 1.807) is 18.2 Å². The quantitative estimate of drug-likeness (QED) is 0.379. The number of methoxy groups -OCH3 is 2. The summed E-state index contributed by atoms with van der Waals surface area (Å²) >= 11 is 12.0. The van der Waals surface area contributed by atoms with Gasteiger partial charge in [0, 0.05) is 12.1 Å². The molecule has 4 rings (SSSR count). The normalized spacial score (nSPS) is 17.4. The lowest BCUT2D eigenvalue weighted by Gasteiger charge is -2.33. The second-order valence-corrected chi connectivity index (χ2v) is 8.43. The van der Waals surface area contributed by atoms with Crippen LogP contribution in [0.15, 0.2) is 36.4 Å². The predicted octanol–water partition coefficient (Wildman–Crippen LogP) is 6.26. The largest absolute Gasteiger partial charge is 0.493 e. The first-order valence-corrected chi connectivity index (χ1v) is 10.9. The van der Waals surface area contributed by atoms with Gasteiger partial charge in [-0.1, -0.05) is 29.3 Å². The van der Waals surface area contributed by atoms with Gasteiger partial charge in [-0.15, -0.1) is 0 Å². The number of halogens is 6. The Hall–Kier alpha value is -3.18. The van der Waals surface area contributed by atoms with Crippen molar-refractivity contribution in [2.75, 3.05) is 24.9 Å². The molecule has 1 aromatic heterocycles. The van der Waals surface area contributed by atoms with Crippen LogP contribution in [0.3, 0.4) is 0 Å². The Balaban J connectivity index is 1.70. The molecule has 1 aliphatic rings. The van der Waals surface area contributed by atoms with Crippen molar-refractivity contribution in [1.29, 1.82) is 0 Å². The van der Waals surface area contributed by atoms with Gasteiger partial charge >= 0.3 is 6.18 Å². The first-order chi connectivity index (χ1) is 16.5. The first kappa shape index (κ1) is 24.9. The molecule has 0 saturated heterocycles. The van der Waals surface area contributed by atoms with E-state index in [1.165, 1.54) is 20.3 Å². The number of hydrogen-bond donors (Lipinski definition) is 2. The summed E-state index contributed by atoms with van der Waals surface area (Å²) < 4.78 is 66.5. The number of aromatic nitrogens is 2. The monoisotopic (exact) mass is 532 g/mol. The van der Waals surface area contributed by atoms with Crippen LogP contribution < -0.4 is 20.1 Å². The highest BCUT2D eigenvalue weighted by Crippen LogP contribution is 2.47. The van der Waals surface area contributed by atoms with Gasteiger partial charge in [0.25, 0.3) is 5.91 Å². The first-order valence-electron chi connectivity index (χ1n) is 10.1. The van der Waals surface area contributed by atoms with Crippen molar-refractivity contribution >= 4 is 40.6 Å². The molecule has 2 N–H and O–H groups in total. The topological polar surface area (TPSA) is 77.4 Å². The molecular formula is C22H18Cl2F4N4O3. The van der Waals surface area contributed by atoms with Gasteiger partial charge in [0.2, 0.25) is 0 Å². The number of benzene rings is 2. The van der Waals surface area contributed by atoms with Crippen molar-refractivity contribution in [1.82, 2.24) is 9.78 Å². The molecule has 1 aliphatic heterocycles. The molecule has 3 aromatic rings. The Morgan fingerprint density at radius 3 is 2.49 bits per heavy atom. The van der Waals surface area contributed by atoms with Crippen LogP contribution in [0.4, 0.5) is 29.1 Å². The van der Waals surface area contributed by atoms with E-state index in [4.69, 9.17) is 32.7 Å². The van der Waals surface area contributed by atoms with Crippen LogP contribution in [-0.2, 0) is 0 Å². The van der Waals surface area contributed by atoms with Crippen LogP contribution in [0.25, 0.3) is 0 Å². The number of ether oxygens (including phenoxy) is 2. The molecule has 2 heterocycles. The highest BCUT2D eigenvalue weighted by molar-refractivity contribution is 6.36. The molecule has 0 aliphatic carbocycles. The number of anilines is 2. The molecule has 2 unspecified atom stereocenters. The molecule has 13 heteroatoms. The summed E-state index contributed by atoms with van der Waals surface area (Å²) in [6.45, 7) is 0. The molecule has 35 heavy (non-hydrogen) atoms. The van der Waals surface area contributed by atoms with Crippen LogP contribution in [0, 0.1) is 5.82 Å². The van der Waals surface area contributed by atoms with E-state index in [9.17, 15) is 22.4 Å². The van der Waals surface area contributed by atoms with Crippen LogP contribution >= 0.6 is 23.2 Å². The summed E-state index contributed by atoms with van der Waals surface area (Å²) in [4.78, 5) is 12.8. The molecule has 0 spiro atoms. The molecule has 2 aromatic carbocycles. The van der Waals surface area contributed by atoms with Gasteiger partial charge < -0.3 is 20.1 Å². The molecule has 0 radical (unpaired) electrons. The molecule has 7 nitrogen and oxygen atoms in total. The third-order valence-electron chi connectivity index (χ3n) is 5.50. The molecule has 186 valence electrons. The highest BCUT2D eigenvalue weighted by Gasteiger charge is 2.48. The summed E-state index contributed by atoms with van der Waals surface area (Å²) in [7, 11) is 2.86. The molecule has 0 bridgehead atoms. The number of fused-ring (bicyclic) bond motifs is 1. The number of rotatable bonds is 5. The average molecular weight is 533 g/mol. The van der Waals surface area contributed by atoms with E-state index in [0.29, 0.717) is 21.7 Å². The van der Waals surface area contributed by atoms with Crippen LogP contribution in [-0.4, -0.2) is 36.1 Å². The second-order valence-electron chi connectivity index (χ2n) is 7.64. The van der Waals surface area contributed by atoms with Gasteiger partial charge in [0.05, 0.1) is 25.3 Å². The summed E-state index contributed by atoms with van der Waals surface area (Å²) in [6.07, 6.45) is -5.10. The molecule has 0 saturated carbocycles. The van der Waals surface area contributed by atoms with Crippen molar-refractivity contribution in [3.05, 3.63) is 63.5 Å². The third kappa shape index (κ3) is 4.83. The fourth-order valence-corrected chi connectivity index (χ4v) is 4.23. The number of hydrogen-bond acceptors (Lipinski definition) is 5. The van der Waals surface area contributed by atoms with Crippen molar-refractivity contribution in [3.8, 4) is 11.5 Å². The minimum absolute atomic E-state index is 0.118. The van der Waals surface area contributed by atoms with Gasteiger partial charge in [0.15, 0.2) is 23.2 Å². The zero-order chi connectivity index (χ0) is 25.5. The summed E-state index contributed by atoms with van der Waals surface area (Å²) in [6, 6.07) is 5.31. The minimum atomic E-state index is -4.68. The lowest BCUT2D eigenvalue weighted by Crippen LogP contribution is -2.35. The standard InChI is InChI=1S/C22H18Cl2F4N4O3/c1-34-15-6-3-10(7-16(15)35-2)14-9-17(22(26,27)28)32-20(30-14)18(24)19(31-32)21(33)29-11-4-5-13(25)12(23)8-11/h3-8,14,17,30H,9H2,1-2H3,(H,29,33). The number of carbonyl (C=O) groups is 1. The van der Waals surface area contributed by atoms with E-state index in [-0.39, 0.29) is 21.6 Å². The van der Waals surface area contributed by atoms with Crippen LogP contribution in [0.1, 0.15) is 34.6 Å². The minimum Gasteiger partial charge on any atom is -0.493 e. The van der Waals surface area contributed by atoms with Crippen LogP contribution in [0.5, 0.6) is 11.5 Å². The van der Waals surface area contributed by atoms with Crippen LogP contribution in [0.2, 0.25) is 10.0 Å². The van der Waals surface area contributed by atoms with Crippen molar-refractivity contribution < 1.29 is 31.8 Å². The Bertz CT molecular complexity index is 1280. The van der Waals surface area contributed by atoms with Gasteiger partial charge in [-0.2, -0.15) is 18.3 Å². The van der Waals surface area contributed by atoms with Crippen molar-refractivity contribution in [2.24, 2.45) is 0 Å². The third-order valence-corrected chi connectivity index (χ3v) is 6.15. The van der Waals surface area contributed by atoms with Crippen molar-refractivity contribution in [3.63, 3.8) is 0 Å². The maximum Gasteiger partial charge on any atom is 0.410 e. The number of alkyl halides is 3. The van der Waals surface area contributed by atoms with E-state index >= 15 is 0 Å². The fraction of sp³-hybridized carbons (Fsp3) is 0.273. The Morgan fingerprint density at radius 2 is 1.86 bits per heavy atom. The number of amides is 1. The van der Waals surface area contributed by atoms with Gasteiger partial charge in [0.1, 0.15) is 16.7 Å². The van der Waals surface area contributed by atoms with Gasteiger partial charge in [-0.25, -0.2) is 9.07 Å². The average Bonchev–Trinajstić information content (AvgIpc) is 3.16. The Morgan fingerprint density at radius 1 is 1.14 bits per heavy atom. The fourth-order valence-electron chi connectivity index (χ4n) is 3.79. The SMILES string of the molecule is COc1ccc(C2CC(C(F)(F)F)n3nc(C(=O)Nc4ccc(F)c(Cl)c4)c(Cl)c3N2)cc1OC. The maximum atomic E-state index is 14.0. The second kappa shape index (κ2) is 9.46. The molecule has 1 amide bonds. The highest BCUT2D eigenvalue weighted by atomic mass is 35.5. The molecule has 0 fully saturated rings. The molecular weight excluding hydrogens is 515 g/mol. The summed E-state index contributed by atoms with van der Waals surface area (Å²) in [5.74, 6) is -0.980. The summed E-state index contributed by atoms with van der Waals surface area (Å²) in [5, 5.41) is 8.68. The maximum absolute atomic E-state index is 14.0. The smallest absolute Gasteiger partial charge is 0.410 e. The number of nitrogens with one attached hydrogen (secondary N) is 2. The predicted molar refractivity (Wildman–Crippen MR) is 122 cm³/mol. The summed E-state index contributed by atoms with van der Waals surface area (Å²) in [5.41, 5.74) is 0.177. The lowest BCUT2D eigenvalue weighted by molar-refractivity contribution is -0.173. The zero-order valence-corrected chi connectivity index (χ0v) is 19.7. The number of nitrogens with zero attached hydrogens (tertiary/aromatic N) is 2. The van der Waals surface area contributed by atoms with Gasteiger partial charge in [-0.3, -0.25) is 4.79 Å². The van der Waals surface area contributed by atoms with Crippen molar-refractivity contribution in [2.45, 2.75) is 24.7 Å². The lowest BCUT2D eigenvalue weighted by atomic mass is 9.96. The zero-order valence-electron chi connectivity index (χ0n) is 18.2. The Labute approximate surface area is 206 Å². The Kier molecular flexibility index (Phi) is 6.74. The van der Waals surface area contributed by atoms with Gasteiger partial charge in [-0.05, 0) is 35.9 Å². The van der Waals surface area contributed by atoms with E-state index in [1.807, 2.05) is 0 Å². The molecule has 2 atom stereocenters. The van der Waals surface area contributed by atoms with E-state index in [0.717, 1.165) is 12.1 Å². The number of carbonyl (C=O) groups excluding carboxylic acids is 1.